The highest BCUT2D eigenvalue weighted by atomic mass is 35.5. The number of azo groups is 1. The maximum atomic E-state index is 13.2. The van der Waals surface area contributed by atoms with Crippen LogP contribution in [0.2, 0.25) is 10.0 Å². The molecule has 0 atom stereocenters. The maximum Gasteiger partial charge on any atom is 0.297 e. The fourth-order valence-electron chi connectivity index (χ4n) is 4.03. The average molecular weight is 588 g/mol. The van der Waals surface area contributed by atoms with Crippen molar-refractivity contribution < 1.29 is 27.6 Å². The van der Waals surface area contributed by atoms with Crippen LogP contribution in [0.1, 0.15) is 29.8 Å². The van der Waals surface area contributed by atoms with E-state index in [0.29, 0.717) is 33.8 Å². The fourth-order valence-corrected chi connectivity index (χ4v) is 5.55. The summed E-state index contributed by atoms with van der Waals surface area (Å²) in [5.74, 6) is -0.663. The second kappa shape index (κ2) is 11.6. The summed E-state index contributed by atoms with van der Waals surface area (Å²) in [5.41, 5.74) is 0.188. The summed E-state index contributed by atoms with van der Waals surface area (Å²) < 4.78 is 39.6. The molecule has 0 aliphatic rings. The van der Waals surface area contributed by atoms with E-state index in [1.165, 1.54) is 24.3 Å². The molecule has 0 bridgehead atoms. The zero-order valence-corrected chi connectivity index (χ0v) is 23.1. The predicted octanol–water partition coefficient (Wildman–Crippen LogP) is 7.73. The number of anilines is 1. The molecule has 202 valence electrons. The van der Waals surface area contributed by atoms with Crippen LogP contribution in [0.15, 0.2) is 75.8 Å². The number of aromatic hydroxyl groups is 1. The molecule has 0 aromatic heterocycles. The van der Waals surface area contributed by atoms with E-state index in [2.05, 4.69) is 15.5 Å². The van der Waals surface area contributed by atoms with Crippen LogP contribution < -0.4 is 10.1 Å². The summed E-state index contributed by atoms with van der Waals surface area (Å²) in [4.78, 5) is 12.7. The Morgan fingerprint density at radius 1 is 1.00 bits per heavy atom. The molecule has 4 aromatic carbocycles. The number of phenols is 1. The molecule has 0 fully saturated rings. The molecule has 9 nitrogen and oxygen atoms in total. The Labute approximate surface area is 234 Å². The van der Waals surface area contributed by atoms with Gasteiger partial charge in [0, 0.05) is 16.1 Å². The van der Waals surface area contributed by atoms with E-state index in [-0.39, 0.29) is 33.9 Å². The largest absolute Gasteiger partial charge is 0.505 e. The lowest BCUT2D eigenvalue weighted by Crippen LogP contribution is -2.12. The fraction of sp³-hybridized carbons (Fsp3) is 0.148. The third-order valence-electron chi connectivity index (χ3n) is 5.78. The first-order chi connectivity index (χ1) is 18.5. The summed E-state index contributed by atoms with van der Waals surface area (Å²) in [6, 6.07) is 15.8. The molecule has 0 heterocycles. The predicted molar refractivity (Wildman–Crippen MR) is 151 cm³/mol. The van der Waals surface area contributed by atoms with Crippen molar-refractivity contribution in [1.82, 2.24) is 0 Å². The molecular formula is C27H23Cl2N3O6S. The number of rotatable bonds is 8. The standard InChI is InChI=1S/C27H23Cl2N3O6S/c1-3-17-20(28)10-11-22(26(17)39(35,36)37)31-32-24-18-8-6-5-7-15(18)13-19(25(24)33)27(34)30-16-9-12-23(38-4-2)21(29)14-16/h5-14,33H,3-4H2,1-2H3,(H,30,34)(H,35,36,37). The van der Waals surface area contributed by atoms with Gasteiger partial charge >= 0.3 is 0 Å². The lowest BCUT2D eigenvalue weighted by atomic mass is 10.0. The molecule has 3 N–H and O–H groups in total. The van der Waals surface area contributed by atoms with Crippen molar-refractivity contribution in [2.24, 2.45) is 10.2 Å². The number of ether oxygens (including phenoxy) is 1. The van der Waals surface area contributed by atoms with E-state index < -0.39 is 26.7 Å². The first-order valence-electron chi connectivity index (χ1n) is 11.7. The Hall–Kier alpha value is -3.70. The molecule has 4 rings (SSSR count). The minimum absolute atomic E-state index is 0.0720. The van der Waals surface area contributed by atoms with Gasteiger partial charge in [0.15, 0.2) is 5.75 Å². The Kier molecular flexibility index (Phi) is 8.41. The van der Waals surface area contributed by atoms with Gasteiger partial charge in [0.2, 0.25) is 0 Å². The van der Waals surface area contributed by atoms with E-state index in [1.54, 1.807) is 43.3 Å². The number of benzene rings is 4. The number of hydrogen-bond donors (Lipinski definition) is 3. The van der Waals surface area contributed by atoms with Gasteiger partial charge in [-0.15, -0.1) is 10.2 Å². The number of nitrogens with one attached hydrogen (secondary N) is 1. The molecule has 0 spiro atoms. The average Bonchev–Trinajstić information content (AvgIpc) is 2.89. The van der Waals surface area contributed by atoms with Crippen molar-refractivity contribution in [2.75, 3.05) is 11.9 Å². The van der Waals surface area contributed by atoms with E-state index in [0.717, 1.165) is 0 Å². The quantitative estimate of drug-likeness (QED) is 0.142. The van der Waals surface area contributed by atoms with Crippen molar-refractivity contribution in [1.29, 1.82) is 0 Å². The summed E-state index contributed by atoms with van der Waals surface area (Å²) in [7, 11) is -4.71. The summed E-state index contributed by atoms with van der Waals surface area (Å²) in [5, 5.41) is 23.4. The van der Waals surface area contributed by atoms with Crippen LogP contribution in [0.3, 0.4) is 0 Å². The number of phenolic OH excluding ortho intramolecular Hbond substituents is 1. The van der Waals surface area contributed by atoms with Gasteiger partial charge in [-0.05, 0) is 60.7 Å². The lowest BCUT2D eigenvalue weighted by Gasteiger charge is -2.13. The van der Waals surface area contributed by atoms with Crippen LogP contribution in [0.4, 0.5) is 17.1 Å². The van der Waals surface area contributed by atoms with E-state index >= 15 is 0 Å². The van der Waals surface area contributed by atoms with Gasteiger partial charge in [-0.3, -0.25) is 9.35 Å². The van der Waals surface area contributed by atoms with Crippen molar-refractivity contribution >= 4 is 67.1 Å². The molecule has 0 aliphatic carbocycles. The number of halogens is 2. The smallest absolute Gasteiger partial charge is 0.297 e. The Balaban J connectivity index is 1.80. The monoisotopic (exact) mass is 587 g/mol. The van der Waals surface area contributed by atoms with Crippen molar-refractivity contribution in [3.63, 3.8) is 0 Å². The highest BCUT2D eigenvalue weighted by Crippen LogP contribution is 2.41. The van der Waals surface area contributed by atoms with E-state index in [1.807, 2.05) is 6.92 Å². The topological polar surface area (TPSA) is 138 Å². The Morgan fingerprint density at radius 2 is 1.74 bits per heavy atom. The van der Waals surface area contributed by atoms with Crippen LogP contribution in [0, 0.1) is 0 Å². The van der Waals surface area contributed by atoms with E-state index in [9.17, 15) is 22.9 Å². The van der Waals surface area contributed by atoms with Gasteiger partial charge in [-0.1, -0.05) is 54.4 Å². The molecule has 12 heteroatoms. The highest BCUT2D eigenvalue weighted by molar-refractivity contribution is 7.86. The molecule has 1 amide bonds. The lowest BCUT2D eigenvalue weighted by molar-refractivity contribution is 0.102. The second-order valence-electron chi connectivity index (χ2n) is 8.28. The minimum Gasteiger partial charge on any atom is -0.505 e. The summed E-state index contributed by atoms with van der Waals surface area (Å²) in [6.45, 7) is 3.92. The molecule has 39 heavy (non-hydrogen) atoms. The Bertz CT molecular complexity index is 1720. The van der Waals surface area contributed by atoms with Crippen molar-refractivity contribution in [3.05, 3.63) is 81.8 Å². The highest BCUT2D eigenvalue weighted by Gasteiger charge is 2.23. The van der Waals surface area contributed by atoms with Gasteiger partial charge in [0.1, 0.15) is 22.0 Å². The van der Waals surface area contributed by atoms with Crippen molar-refractivity contribution in [2.45, 2.75) is 25.2 Å². The number of nitrogens with zero attached hydrogens (tertiary/aromatic N) is 2. The van der Waals surface area contributed by atoms with Gasteiger partial charge in [-0.2, -0.15) is 8.42 Å². The number of hydrogen-bond acceptors (Lipinski definition) is 7. The number of carbonyl (C=O) groups is 1. The van der Waals surface area contributed by atoms with Crippen LogP contribution in [0.5, 0.6) is 11.5 Å². The number of amides is 1. The van der Waals surface area contributed by atoms with Gasteiger partial charge < -0.3 is 15.2 Å². The van der Waals surface area contributed by atoms with Gasteiger partial charge in [-0.25, -0.2) is 0 Å². The molecule has 0 saturated heterocycles. The summed E-state index contributed by atoms with van der Waals surface area (Å²) in [6.07, 6.45) is 0.205. The number of fused-ring (bicyclic) bond motifs is 1. The molecule has 4 aromatic rings. The van der Waals surface area contributed by atoms with Crippen LogP contribution >= 0.6 is 23.2 Å². The first-order valence-corrected chi connectivity index (χ1v) is 13.9. The summed E-state index contributed by atoms with van der Waals surface area (Å²) >= 11 is 12.4. The molecular weight excluding hydrogens is 565 g/mol. The zero-order chi connectivity index (χ0) is 28.3. The number of carbonyl (C=O) groups excluding carboxylic acids is 1. The minimum atomic E-state index is -4.71. The molecule has 0 aliphatic heterocycles. The van der Waals surface area contributed by atoms with Crippen molar-refractivity contribution in [3.8, 4) is 11.5 Å². The normalized spacial score (nSPS) is 11.7. The third-order valence-corrected chi connectivity index (χ3v) is 7.40. The SMILES string of the molecule is CCOc1ccc(NC(=O)c2cc3ccccc3c(N=Nc3ccc(Cl)c(CC)c3S(=O)(=O)O)c2O)cc1Cl. The van der Waals surface area contributed by atoms with Gasteiger partial charge in [0.05, 0.1) is 17.2 Å². The van der Waals surface area contributed by atoms with Crippen LogP contribution in [0.25, 0.3) is 10.8 Å². The first kappa shape index (κ1) is 28.3. The van der Waals surface area contributed by atoms with Crippen LogP contribution in [-0.2, 0) is 16.5 Å². The van der Waals surface area contributed by atoms with E-state index in [4.69, 9.17) is 27.9 Å². The molecule has 0 saturated carbocycles. The second-order valence-corrected chi connectivity index (χ2v) is 10.5. The molecule has 0 unspecified atom stereocenters. The van der Waals surface area contributed by atoms with Gasteiger partial charge in [0.25, 0.3) is 16.0 Å². The zero-order valence-electron chi connectivity index (χ0n) is 20.8. The Morgan fingerprint density at radius 3 is 2.41 bits per heavy atom. The maximum absolute atomic E-state index is 13.2. The van der Waals surface area contributed by atoms with Crippen LogP contribution in [-0.4, -0.2) is 30.6 Å². The molecule has 0 radical (unpaired) electrons. The third kappa shape index (κ3) is 5.99.